The number of ether oxygens (including phenoxy) is 2. The minimum atomic E-state index is -1.11. The first-order valence-electron chi connectivity index (χ1n) is 6.14. The fourth-order valence-corrected chi connectivity index (χ4v) is 2.33. The molecule has 1 rings (SSSR count). The third kappa shape index (κ3) is 3.36. The maximum atomic E-state index is 11.6. The van der Waals surface area contributed by atoms with Crippen molar-refractivity contribution in [3.05, 3.63) is 0 Å². The summed E-state index contributed by atoms with van der Waals surface area (Å²) in [6.07, 6.45) is -1.58. The third-order valence-corrected chi connectivity index (χ3v) is 3.24. The monoisotopic (exact) mass is 274 g/mol. The summed E-state index contributed by atoms with van der Waals surface area (Å²) >= 11 is 0. The molecular weight excluding hydrogens is 252 g/mol. The lowest BCUT2D eigenvalue weighted by molar-refractivity contribution is -0.153. The topological polar surface area (TPSA) is 102 Å². The molecule has 19 heavy (non-hydrogen) atoms. The van der Waals surface area contributed by atoms with Crippen LogP contribution in [0.4, 0.5) is 4.79 Å². The third-order valence-electron chi connectivity index (χ3n) is 3.24. The van der Waals surface area contributed by atoms with Gasteiger partial charge in [0, 0.05) is 6.54 Å². The van der Waals surface area contributed by atoms with E-state index in [4.69, 9.17) is 10.5 Å². The van der Waals surface area contributed by atoms with Crippen LogP contribution in [-0.4, -0.2) is 60.5 Å². The van der Waals surface area contributed by atoms with Gasteiger partial charge in [-0.1, -0.05) is 20.8 Å². The molecular formula is C12H22N2O5. The van der Waals surface area contributed by atoms with E-state index in [0.29, 0.717) is 6.61 Å². The van der Waals surface area contributed by atoms with E-state index in [0.717, 1.165) is 0 Å². The van der Waals surface area contributed by atoms with E-state index in [1.54, 1.807) is 0 Å². The van der Waals surface area contributed by atoms with Crippen molar-refractivity contribution in [2.75, 3.05) is 20.3 Å². The second-order valence-corrected chi connectivity index (χ2v) is 5.67. The Labute approximate surface area is 112 Å². The number of methoxy groups -OCH3 is 1. The van der Waals surface area contributed by atoms with Crippen molar-refractivity contribution in [1.82, 2.24) is 4.90 Å². The van der Waals surface area contributed by atoms with Gasteiger partial charge in [0.2, 0.25) is 0 Å². The molecule has 1 amide bonds. The Balaban J connectivity index is 3.09. The van der Waals surface area contributed by atoms with Crippen molar-refractivity contribution in [1.29, 1.82) is 0 Å². The molecule has 7 nitrogen and oxygen atoms in total. The number of esters is 1. The van der Waals surface area contributed by atoms with Gasteiger partial charge in [0.15, 0.2) is 0 Å². The molecule has 3 atom stereocenters. The summed E-state index contributed by atoms with van der Waals surface area (Å²) in [5.74, 6) is -0.643. The molecule has 7 heteroatoms. The first-order valence-corrected chi connectivity index (χ1v) is 6.14. The van der Waals surface area contributed by atoms with Crippen molar-refractivity contribution in [3.8, 4) is 0 Å². The quantitative estimate of drug-likeness (QED) is 0.701. The van der Waals surface area contributed by atoms with Crippen molar-refractivity contribution >= 4 is 12.1 Å². The summed E-state index contributed by atoms with van der Waals surface area (Å²) in [6.45, 7) is 6.23. The Hall–Kier alpha value is -1.34. The second kappa shape index (κ2) is 5.75. The predicted octanol–water partition coefficient (Wildman–Crippen LogP) is 0.280. The van der Waals surface area contributed by atoms with Crippen LogP contribution in [0.25, 0.3) is 0 Å². The van der Waals surface area contributed by atoms with Crippen molar-refractivity contribution in [2.24, 2.45) is 11.1 Å². The molecule has 1 aliphatic rings. The molecule has 0 spiro atoms. The van der Waals surface area contributed by atoms with Gasteiger partial charge in [-0.2, -0.15) is 0 Å². The van der Waals surface area contributed by atoms with Crippen LogP contribution in [0.1, 0.15) is 20.8 Å². The minimum Gasteiger partial charge on any atom is -0.468 e. The zero-order valence-corrected chi connectivity index (χ0v) is 11.8. The molecule has 0 aromatic heterocycles. The van der Waals surface area contributed by atoms with Gasteiger partial charge in [-0.05, 0) is 5.41 Å². The smallest absolute Gasteiger partial charge is 0.407 e. The Bertz CT molecular complexity index is 353. The normalized spacial score (nSPS) is 25.8. The average molecular weight is 274 g/mol. The number of hydrogen-bond donors (Lipinski definition) is 2. The number of hydrogen-bond acceptors (Lipinski definition) is 5. The molecule has 1 aliphatic heterocycles. The van der Waals surface area contributed by atoms with Gasteiger partial charge in [-0.15, -0.1) is 0 Å². The van der Waals surface area contributed by atoms with E-state index in [1.807, 2.05) is 20.8 Å². The summed E-state index contributed by atoms with van der Waals surface area (Å²) < 4.78 is 10.3. The summed E-state index contributed by atoms with van der Waals surface area (Å²) in [5, 5.41) is 9.26. The lowest BCUT2D eigenvalue weighted by atomic mass is 9.80. The molecule has 0 aliphatic carbocycles. The lowest BCUT2D eigenvalue weighted by Crippen LogP contribution is -2.65. The molecule has 110 valence electrons. The molecule has 0 saturated carbocycles. The average Bonchev–Trinajstić information content (AvgIpc) is 2.34. The minimum absolute atomic E-state index is 0.192. The Morgan fingerprint density at radius 1 is 1.47 bits per heavy atom. The van der Waals surface area contributed by atoms with Crippen LogP contribution in [0.15, 0.2) is 0 Å². The van der Waals surface area contributed by atoms with E-state index >= 15 is 0 Å². The van der Waals surface area contributed by atoms with Crippen LogP contribution in [-0.2, 0) is 14.3 Å². The van der Waals surface area contributed by atoms with Crippen LogP contribution in [0, 0.1) is 5.41 Å². The Morgan fingerprint density at radius 3 is 2.47 bits per heavy atom. The van der Waals surface area contributed by atoms with Gasteiger partial charge in [0.05, 0.1) is 25.9 Å². The first-order chi connectivity index (χ1) is 8.70. The van der Waals surface area contributed by atoms with Gasteiger partial charge < -0.3 is 20.3 Å². The number of carboxylic acid groups (broad SMARTS) is 1. The summed E-state index contributed by atoms with van der Waals surface area (Å²) in [6, 6.07) is -1.82. The molecule has 1 saturated heterocycles. The summed E-state index contributed by atoms with van der Waals surface area (Å²) in [4.78, 5) is 24.1. The molecule has 0 aromatic carbocycles. The van der Waals surface area contributed by atoms with Gasteiger partial charge in [0.25, 0.3) is 0 Å². The number of carbonyl (C=O) groups excluding carboxylic acids is 1. The molecule has 0 bridgehead atoms. The van der Waals surface area contributed by atoms with Crippen LogP contribution in [0.3, 0.4) is 0 Å². The molecule has 1 heterocycles. The van der Waals surface area contributed by atoms with Crippen LogP contribution >= 0.6 is 0 Å². The zero-order chi connectivity index (χ0) is 14.8. The maximum absolute atomic E-state index is 11.6. The van der Waals surface area contributed by atoms with Crippen molar-refractivity contribution in [3.63, 3.8) is 0 Å². The van der Waals surface area contributed by atoms with Gasteiger partial charge in [-0.3, -0.25) is 9.69 Å². The number of nitrogens with two attached hydrogens (primary N) is 1. The lowest BCUT2D eigenvalue weighted by Gasteiger charge is -2.46. The standard InChI is InChI=1S/C12H22N2O5/c1-12(2,3)9-8(7(13)10(15)18-4)14(11(16)17)5-6-19-9/h7-9H,5-6,13H2,1-4H3,(H,16,17)/t7-,8?,9?/m0/s1. The van der Waals surface area contributed by atoms with E-state index in [2.05, 4.69) is 4.74 Å². The van der Waals surface area contributed by atoms with E-state index in [-0.39, 0.29) is 12.0 Å². The highest BCUT2D eigenvalue weighted by molar-refractivity contribution is 5.78. The second-order valence-electron chi connectivity index (χ2n) is 5.67. The van der Waals surface area contributed by atoms with Crippen LogP contribution in [0.2, 0.25) is 0 Å². The Kier molecular flexibility index (Phi) is 4.75. The first kappa shape index (κ1) is 15.7. The summed E-state index contributed by atoms with van der Waals surface area (Å²) in [5.41, 5.74) is 5.52. The molecule has 2 unspecified atom stereocenters. The van der Waals surface area contributed by atoms with Gasteiger partial charge in [-0.25, -0.2) is 4.79 Å². The zero-order valence-electron chi connectivity index (χ0n) is 11.8. The highest BCUT2D eigenvalue weighted by Gasteiger charge is 2.47. The van der Waals surface area contributed by atoms with Gasteiger partial charge in [0.1, 0.15) is 6.04 Å². The predicted molar refractivity (Wildman–Crippen MR) is 67.7 cm³/mol. The van der Waals surface area contributed by atoms with E-state index in [1.165, 1.54) is 12.0 Å². The molecule has 0 aromatic rings. The summed E-state index contributed by atoms with van der Waals surface area (Å²) in [7, 11) is 1.23. The Morgan fingerprint density at radius 2 is 2.05 bits per heavy atom. The molecule has 0 radical (unpaired) electrons. The van der Waals surface area contributed by atoms with Crippen LogP contribution in [0.5, 0.6) is 0 Å². The molecule has 1 fully saturated rings. The van der Waals surface area contributed by atoms with Crippen molar-refractivity contribution in [2.45, 2.75) is 39.0 Å². The maximum Gasteiger partial charge on any atom is 0.407 e. The van der Waals surface area contributed by atoms with Crippen LogP contribution < -0.4 is 5.73 Å². The number of carbonyl (C=O) groups is 2. The molecule has 3 N–H and O–H groups in total. The number of nitrogens with zero attached hydrogens (tertiary/aromatic N) is 1. The van der Waals surface area contributed by atoms with E-state index < -0.39 is 30.3 Å². The van der Waals surface area contributed by atoms with Gasteiger partial charge >= 0.3 is 12.1 Å². The highest BCUT2D eigenvalue weighted by atomic mass is 16.5. The van der Waals surface area contributed by atoms with E-state index in [9.17, 15) is 14.7 Å². The number of amides is 1. The number of morpholine rings is 1. The highest BCUT2D eigenvalue weighted by Crippen LogP contribution is 2.31. The fourth-order valence-electron chi connectivity index (χ4n) is 2.33. The number of rotatable bonds is 2. The SMILES string of the molecule is COC(=O)[C@@H](N)C1C(C(C)(C)C)OCCN1C(=O)O. The largest absolute Gasteiger partial charge is 0.468 e. The fraction of sp³-hybridized carbons (Fsp3) is 0.833. The van der Waals surface area contributed by atoms with Crippen molar-refractivity contribution < 1.29 is 24.2 Å².